The normalized spacial score (nSPS) is 16.9. The highest BCUT2D eigenvalue weighted by Crippen LogP contribution is 2.29. The molecule has 1 aromatic heterocycles. The predicted molar refractivity (Wildman–Crippen MR) is 150 cm³/mol. The molecule has 2 saturated carbocycles. The summed E-state index contributed by atoms with van der Waals surface area (Å²) in [6, 6.07) is 12.3. The Balaban J connectivity index is 1.47. The molecule has 37 heavy (non-hydrogen) atoms. The maximum absolute atomic E-state index is 13.9. The number of hydrogen-bond donors (Lipinski definition) is 0. The molecule has 1 aromatic carbocycles. The molecule has 0 spiro atoms. The van der Waals surface area contributed by atoms with Crippen LogP contribution in [0.3, 0.4) is 0 Å². The van der Waals surface area contributed by atoms with E-state index < -0.39 is 0 Å². The molecule has 0 N–H and O–H groups in total. The Labute approximate surface area is 228 Å². The van der Waals surface area contributed by atoms with Gasteiger partial charge in [-0.2, -0.15) is 0 Å². The largest absolute Gasteiger partial charge is 0.345 e. The van der Waals surface area contributed by atoms with Crippen LogP contribution in [0.15, 0.2) is 42.6 Å². The van der Waals surface area contributed by atoms with Crippen molar-refractivity contribution < 1.29 is 9.59 Å². The molecule has 1 heterocycles. The van der Waals surface area contributed by atoms with Gasteiger partial charge in [0.15, 0.2) is 0 Å². The van der Waals surface area contributed by atoms with Crippen molar-refractivity contribution in [2.45, 2.75) is 110 Å². The van der Waals surface area contributed by atoms with Crippen LogP contribution in [0.2, 0.25) is 5.02 Å². The first kappa shape index (κ1) is 27.8. The Kier molecular flexibility index (Phi) is 10.1. The van der Waals surface area contributed by atoms with Crippen molar-refractivity contribution in [2.75, 3.05) is 6.54 Å². The fourth-order valence-electron chi connectivity index (χ4n) is 6.11. The first-order valence-electron chi connectivity index (χ1n) is 14.4. The van der Waals surface area contributed by atoms with Crippen molar-refractivity contribution in [3.63, 3.8) is 0 Å². The molecular formula is C31H44ClN3O2. The average molecular weight is 526 g/mol. The summed E-state index contributed by atoms with van der Waals surface area (Å²) in [5.74, 6) is 0.875. The zero-order valence-corrected chi connectivity index (χ0v) is 23.5. The Bertz CT molecular complexity index is 1020. The Morgan fingerprint density at radius 3 is 2.35 bits per heavy atom. The SMILES string of the molecule is CC(C)N(CC(=O)N(Cc1cccn1Cc1ccccc1Cl)C1CCCCC1)C(=O)CCC1CCCC1. The van der Waals surface area contributed by atoms with Gasteiger partial charge in [-0.1, -0.05) is 74.7 Å². The molecule has 0 aliphatic heterocycles. The average Bonchev–Trinajstić information content (AvgIpc) is 3.58. The summed E-state index contributed by atoms with van der Waals surface area (Å²) in [5.41, 5.74) is 2.17. The van der Waals surface area contributed by atoms with Crippen LogP contribution >= 0.6 is 11.6 Å². The number of aromatic nitrogens is 1. The molecule has 202 valence electrons. The van der Waals surface area contributed by atoms with E-state index in [1.54, 1.807) is 0 Å². The number of carbonyl (C=O) groups excluding carboxylic acids is 2. The van der Waals surface area contributed by atoms with E-state index in [4.69, 9.17) is 11.6 Å². The van der Waals surface area contributed by atoms with Crippen LogP contribution < -0.4 is 0 Å². The van der Waals surface area contributed by atoms with Gasteiger partial charge < -0.3 is 14.4 Å². The van der Waals surface area contributed by atoms with Crippen LogP contribution in [0.1, 0.15) is 95.7 Å². The third kappa shape index (κ3) is 7.63. The van der Waals surface area contributed by atoms with Gasteiger partial charge >= 0.3 is 0 Å². The van der Waals surface area contributed by atoms with Gasteiger partial charge in [-0.15, -0.1) is 0 Å². The molecule has 2 amide bonds. The lowest BCUT2D eigenvalue weighted by Crippen LogP contribution is -2.49. The second kappa shape index (κ2) is 13.5. The molecule has 0 saturated heterocycles. The van der Waals surface area contributed by atoms with E-state index in [2.05, 4.69) is 21.7 Å². The van der Waals surface area contributed by atoms with Crippen molar-refractivity contribution >= 4 is 23.4 Å². The Morgan fingerprint density at radius 2 is 1.65 bits per heavy atom. The molecule has 0 radical (unpaired) electrons. The van der Waals surface area contributed by atoms with Gasteiger partial charge in [0.1, 0.15) is 0 Å². The summed E-state index contributed by atoms with van der Waals surface area (Å²) in [7, 11) is 0. The molecule has 2 aromatic rings. The third-order valence-electron chi connectivity index (χ3n) is 8.38. The number of hydrogen-bond acceptors (Lipinski definition) is 2. The van der Waals surface area contributed by atoms with Crippen LogP contribution in [-0.4, -0.2) is 44.8 Å². The molecule has 5 nitrogen and oxygen atoms in total. The summed E-state index contributed by atoms with van der Waals surface area (Å²) in [4.78, 5) is 31.0. The Morgan fingerprint density at radius 1 is 0.946 bits per heavy atom. The van der Waals surface area contributed by atoms with E-state index >= 15 is 0 Å². The van der Waals surface area contributed by atoms with E-state index in [9.17, 15) is 9.59 Å². The van der Waals surface area contributed by atoms with Crippen molar-refractivity contribution in [2.24, 2.45) is 5.92 Å². The number of amides is 2. The quantitative estimate of drug-likeness (QED) is 0.315. The highest BCUT2D eigenvalue weighted by Gasteiger charge is 2.30. The highest BCUT2D eigenvalue weighted by molar-refractivity contribution is 6.31. The first-order valence-corrected chi connectivity index (χ1v) is 14.8. The van der Waals surface area contributed by atoms with E-state index in [-0.39, 0.29) is 30.4 Å². The van der Waals surface area contributed by atoms with Crippen molar-refractivity contribution in [1.29, 1.82) is 0 Å². The molecule has 2 aliphatic carbocycles. The van der Waals surface area contributed by atoms with Crippen molar-refractivity contribution in [1.82, 2.24) is 14.4 Å². The lowest BCUT2D eigenvalue weighted by Gasteiger charge is -2.37. The minimum Gasteiger partial charge on any atom is -0.345 e. The number of carbonyl (C=O) groups is 2. The fraction of sp³-hybridized carbons (Fsp3) is 0.613. The van der Waals surface area contributed by atoms with Crippen LogP contribution in [0.5, 0.6) is 0 Å². The maximum Gasteiger partial charge on any atom is 0.242 e. The fourth-order valence-corrected chi connectivity index (χ4v) is 6.31. The van der Waals surface area contributed by atoms with Crippen molar-refractivity contribution in [3.05, 3.63) is 58.9 Å². The van der Waals surface area contributed by atoms with E-state index in [1.165, 1.54) is 32.1 Å². The van der Waals surface area contributed by atoms with Gasteiger partial charge in [0.25, 0.3) is 0 Å². The number of benzene rings is 1. The number of nitrogens with zero attached hydrogens (tertiary/aromatic N) is 3. The van der Waals surface area contributed by atoms with Gasteiger partial charge in [0.05, 0.1) is 13.1 Å². The van der Waals surface area contributed by atoms with Gasteiger partial charge in [-0.3, -0.25) is 9.59 Å². The number of halogens is 1. The number of rotatable bonds is 11. The van der Waals surface area contributed by atoms with Crippen LogP contribution in [-0.2, 0) is 22.7 Å². The van der Waals surface area contributed by atoms with Crippen molar-refractivity contribution in [3.8, 4) is 0 Å². The Hall–Kier alpha value is -2.27. The van der Waals surface area contributed by atoms with Crippen LogP contribution in [0.25, 0.3) is 0 Å². The minimum absolute atomic E-state index is 0.0114. The lowest BCUT2D eigenvalue weighted by atomic mass is 9.94. The minimum atomic E-state index is 0.0114. The van der Waals surface area contributed by atoms with Crippen LogP contribution in [0.4, 0.5) is 0 Å². The van der Waals surface area contributed by atoms with Gasteiger partial charge in [0, 0.05) is 42.0 Å². The summed E-state index contributed by atoms with van der Waals surface area (Å²) < 4.78 is 2.19. The van der Waals surface area contributed by atoms with E-state index in [0.29, 0.717) is 25.4 Å². The summed E-state index contributed by atoms with van der Waals surface area (Å²) >= 11 is 6.44. The van der Waals surface area contributed by atoms with Gasteiger partial charge in [-0.25, -0.2) is 0 Å². The highest BCUT2D eigenvalue weighted by atomic mass is 35.5. The molecule has 4 rings (SSSR count). The second-order valence-electron chi connectivity index (χ2n) is 11.3. The standard InChI is InChI=1S/C31H44ClN3O2/c1-24(2)34(30(36)19-18-25-11-6-7-12-25)23-31(37)35(27-14-4-3-5-15-27)22-28-16-10-20-33(28)21-26-13-8-9-17-29(26)32/h8-10,13,16-17,20,24-25,27H,3-7,11-12,14-15,18-19,21-23H2,1-2H3. The molecule has 0 unspecified atom stereocenters. The summed E-state index contributed by atoms with van der Waals surface area (Å²) in [5, 5.41) is 0.756. The third-order valence-corrected chi connectivity index (χ3v) is 8.75. The first-order chi connectivity index (χ1) is 17.9. The van der Waals surface area contributed by atoms with E-state index in [0.717, 1.165) is 48.4 Å². The van der Waals surface area contributed by atoms with E-state index in [1.807, 2.05) is 49.1 Å². The zero-order valence-electron chi connectivity index (χ0n) is 22.7. The molecule has 6 heteroatoms. The summed E-state index contributed by atoms with van der Waals surface area (Å²) in [6.07, 6.45) is 14.3. The molecule has 2 fully saturated rings. The zero-order chi connectivity index (χ0) is 26.2. The maximum atomic E-state index is 13.9. The molecule has 0 atom stereocenters. The molecule has 2 aliphatic rings. The monoisotopic (exact) mass is 525 g/mol. The second-order valence-corrected chi connectivity index (χ2v) is 11.7. The molecule has 0 bridgehead atoms. The van der Waals surface area contributed by atoms with Gasteiger partial charge in [-0.05, 0) is 62.8 Å². The lowest BCUT2D eigenvalue weighted by molar-refractivity contribution is -0.144. The molecular weight excluding hydrogens is 482 g/mol. The van der Waals surface area contributed by atoms with Gasteiger partial charge in [0.2, 0.25) is 11.8 Å². The smallest absolute Gasteiger partial charge is 0.242 e. The summed E-state index contributed by atoms with van der Waals surface area (Å²) in [6.45, 7) is 5.46. The van der Waals surface area contributed by atoms with Crippen LogP contribution in [0, 0.1) is 5.92 Å². The predicted octanol–water partition coefficient (Wildman–Crippen LogP) is 7.06. The topological polar surface area (TPSA) is 45.6 Å².